The Balaban J connectivity index is 1.16. The lowest BCUT2D eigenvalue weighted by Gasteiger charge is -2.36. The number of piperazine rings is 1. The van der Waals surface area contributed by atoms with Crippen molar-refractivity contribution in [1.29, 1.82) is 0 Å². The largest absolute Gasteiger partial charge is 0.497 e. The van der Waals surface area contributed by atoms with Crippen molar-refractivity contribution < 1.29 is 9.53 Å². The molecule has 6 nitrogen and oxygen atoms in total. The van der Waals surface area contributed by atoms with Gasteiger partial charge in [0.15, 0.2) is 5.13 Å². The van der Waals surface area contributed by atoms with E-state index in [-0.39, 0.29) is 5.91 Å². The van der Waals surface area contributed by atoms with Crippen LogP contribution in [0.25, 0.3) is 11.3 Å². The summed E-state index contributed by atoms with van der Waals surface area (Å²) in [4.78, 5) is 21.7. The molecule has 1 aliphatic rings. The third kappa shape index (κ3) is 5.83. The van der Waals surface area contributed by atoms with Crippen LogP contribution in [0.5, 0.6) is 5.75 Å². The van der Waals surface area contributed by atoms with Crippen LogP contribution in [0, 0.1) is 0 Å². The van der Waals surface area contributed by atoms with Crippen molar-refractivity contribution in [2.24, 2.45) is 0 Å². The van der Waals surface area contributed by atoms with Crippen LogP contribution in [0.1, 0.15) is 12.8 Å². The van der Waals surface area contributed by atoms with E-state index in [1.165, 1.54) is 17.0 Å². The second-order valence-corrected chi connectivity index (χ2v) is 8.44. The Kier molecular flexibility index (Phi) is 7.17. The van der Waals surface area contributed by atoms with Gasteiger partial charge in [-0.05, 0) is 37.2 Å². The molecule has 1 aromatic heterocycles. The van der Waals surface area contributed by atoms with E-state index in [0.29, 0.717) is 11.6 Å². The van der Waals surface area contributed by atoms with Crippen LogP contribution in [0.4, 0.5) is 10.8 Å². The van der Waals surface area contributed by atoms with Crippen LogP contribution >= 0.6 is 11.3 Å². The number of methoxy groups -OCH3 is 1. The van der Waals surface area contributed by atoms with Crippen LogP contribution in [-0.4, -0.2) is 55.6 Å². The van der Waals surface area contributed by atoms with E-state index in [1.807, 2.05) is 47.8 Å². The summed E-state index contributed by atoms with van der Waals surface area (Å²) in [6.45, 7) is 4.97. The van der Waals surface area contributed by atoms with Crippen molar-refractivity contribution >= 4 is 28.1 Å². The molecule has 1 N–H and O–H groups in total. The zero-order valence-electron chi connectivity index (χ0n) is 17.8. The number of carbonyl (C=O) groups is 1. The quantitative estimate of drug-likeness (QED) is 0.569. The first-order valence-corrected chi connectivity index (χ1v) is 11.5. The topological polar surface area (TPSA) is 57.7 Å². The molecule has 0 aliphatic carbocycles. The molecule has 1 fully saturated rings. The van der Waals surface area contributed by atoms with Gasteiger partial charge in [-0.1, -0.05) is 30.3 Å². The van der Waals surface area contributed by atoms with Gasteiger partial charge in [-0.3, -0.25) is 9.69 Å². The molecular formula is C24H28N4O2S. The standard InChI is InChI=1S/C24H28N4O2S/c1-30-21-11-9-20(10-12-21)28-16-14-27(15-17-28)13-5-8-23(29)26-24-25-22(18-31-24)19-6-3-2-4-7-19/h2-4,6-7,9-12,18H,5,8,13-17H2,1H3,(H,25,26,29). The number of rotatable bonds is 8. The molecule has 0 radical (unpaired) electrons. The summed E-state index contributed by atoms with van der Waals surface area (Å²) in [5.41, 5.74) is 3.20. The molecule has 3 aromatic rings. The number of benzene rings is 2. The first-order valence-electron chi connectivity index (χ1n) is 10.6. The lowest BCUT2D eigenvalue weighted by Crippen LogP contribution is -2.46. The Morgan fingerprint density at radius 1 is 1.06 bits per heavy atom. The number of nitrogens with one attached hydrogen (secondary N) is 1. The highest BCUT2D eigenvalue weighted by molar-refractivity contribution is 7.14. The summed E-state index contributed by atoms with van der Waals surface area (Å²) < 4.78 is 5.23. The third-order valence-corrected chi connectivity index (χ3v) is 6.27. The monoisotopic (exact) mass is 436 g/mol. The van der Waals surface area contributed by atoms with E-state index < -0.39 is 0 Å². The first-order chi connectivity index (χ1) is 15.2. The summed E-state index contributed by atoms with van der Waals surface area (Å²) in [7, 11) is 1.69. The minimum Gasteiger partial charge on any atom is -0.497 e. The second kappa shape index (κ2) is 10.4. The fourth-order valence-electron chi connectivity index (χ4n) is 3.74. The third-order valence-electron chi connectivity index (χ3n) is 5.51. The molecule has 2 aromatic carbocycles. The molecule has 4 rings (SSSR count). The normalized spacial score (nSPS) is 14.4. The molecule has 0 atom stereocenters. The smallest absolute Gasteiger partial charge is 0.226 e. The average Bonchev–Trinajstić information content (AvgIpc) is 3.28. The molecular weight excluding hydrogens is 408 g/mol. The highest BCUT2D eigenvalue weighted by atomic mass is 32.1. The average molecular weight is 437 g/mol. The molecule has 0 unspecified atom stereocenters. The van der Waals surface area contributed by atoms with E-state index in [9.17, 15) is 4.79 Å². The Labute approximate surface area is 187 Å². The zero-order valence-corrected chi connectivity index (χ0v) is 18.6. The van der Waals surface area contributed by atoms with Crippen molar-refractivity contribution in [3.63, 3.8) is 0 Å². The fourth-order valence-corrected chi connectivity index (χ4v) is 4.48. The summed E-state index contributed by atoms with van der Waals surface area (Å²) in [6.07, 6.45) is 1.37. The number of ether oxygens (including phenoxy) is 1. The summed E-state index contributed by atoms with van der Waals surface area (Å²) >= 11 is 1.47. The van der Waals surface area contributed by atoms with Gasteiger partial charge in [0.1, 0.15) is 5.75 Å². The van der Waals surface area contributed by atoms with Gasteiger partial charge in [0.2, 0.25) is 5.91 Å². The van der Waals surface area contributed by atoms with Crippen molar-refractivity contribution in [1.82, 2.24) is 9.88 Å². The minimum absolute atomic E-state index is 0.0332. The van der Waals surface area contributed by atoms with Gasteiger partial charge in [0.05, 0.1) is 12.8 Å². The maximum absolute atomic E-state index is 12.3. The number of hydrogen-bond acceptors (Lipinski definition) is 6. The summed E-state index contributed by atoms with van der Waals surface area (Å²) in [6, 6.07) is 18.2. The van der Waals surface area contributed by atoms with Crippen molar-refractivity contribution in [3.8, 4) is 17.0 Å². The number of amides is 1. The number of nitrogens with zero attached hydrogens (tertiary/aromatic N) is 3. The minimum atomic E-state index is 0.0332. The highest BCUT2D eigenvalue weighted by Gasteiger charge is 2.17. The Morgan fingerprint density at radius 3 is 2.52 bits per heavy atom. The van der Waals surface area contributed by atoms with Crippen LogP contribution in [0.15, 0.2) is 60.0 Å². The predicted octanol–water partition coefficient (Wildman–Crippen LogP) is 4.36. The molecule has 0 spiro atoms. The Morgan fingerprint density at radius 2 is 1.81 bits per heavy atom. The molecule has 2 heterocycles. The van der Waals surface area contributed by atoms with Gasteiger partial charge in [-0.2, -0.15) is 0 Å². The summed E-state index contributed by atoms with van der Waals surface area (Å²) in [5.74, 6) is 0.917. The van der Waals surface area contributed by atoms with E-state index >= 15 is 0 Å². The lowest BCUT2D eigenvalue weighted by atomic mass is 10.2. The van der Waals surface area contributed by atoms with E-state index in [2.05, 4.69) is 32.2 Å². The van der Waals surface area contributed by atoms with Gasteiger partial charge in [-0.25, -0.2) is 4.98 Å². The van der Waals surface area contributed by atoms with Gasteiger partial charge in [0.25, 0.3) is 0 Å². The van der Waals surface area contributed by atoms with Gasteiger partial charge >= 0.3 is 0 Å². The number of hydrogen-bond donors (Lipinski definition) is 1. The van der Waals surface area contributed by atoms with Crippen LogP contribution in [-0.2, 0) is 4.79 Å². The van der Waals surface area contributed by atoms with Crippen LogP contribution < -0.4 is 15.0 Å². The van der Waals surface area contributed by atoms with Crippen molar-refractivity contribution in [2.75, 3.05) is 50.1 Å². The molecule has 0 saturated carbocycles. The van der Waals surface area contributed by atoms with E-state index in [4.69, 9.17) is 4.74 Å². The second-order valence-electron chi connectivity index (χ2n) is 7.58. The zero-order chi connectivity index (χ0) is 21.5. The maximum atomic E-state index is 12.3. The van der Waals surface area contributed by atoms with Crippen molar-refractivity contribution in [2.45, 2.75) is 12.8 Å². The lowest BCUT2D eigenvalue weighted by molar-refractivity contribution is -0.116. The first kappa shape index (κ1) is 21.3. The van der Waals surface area contributed by atoms with Gasteiger partial charge in [0, 0.05) is 49.2 Å². The molecule has 0 bridgehead atoms. The highest BCUT2D eigenvalue weighted by Crippen LogP contribution is 2.25. The predicted molar refractivity (Wildman–Crippen MR) is 127 cm³/mol. The van der Waals surface area contributed by atoms with Crippen LogP contribution in [0.2, 0.25) is 0 Å². The number of carbonyl (C=O) groups excluding carboxylic acids is 1. The van der Waals surface area contributed by atoms with Gasteiger partial charge < -0.3 is 15.0 Å². The maximum Gasteiger partial charge on any atom is 0.226 e. The summed E-state index contributed by atoms with van der Waals surface area (Å²) in [5, 5.41) is 5.58. The number of anilines is 2. The Bertz CT molecular complexity index is 967. The fraction of sp³-hybridized carbons (Fsp3) is 0.333. The molecule has 1 amide bonds. The molecule has 31 heavy (non-hydrogen) atoms. The molecule has 7 heteroatoms. The Hall–Kier alpha value is -2.90. The number of aromatic nitrogens is 1. The molecule has 1 saturated heterocycles. The van der Waals surface area contributed by atoms with E-state index in [1.54, 1.807) is 7.11 Å². The van der Waals surface area contributed by atoms with Gasteiger partial charge in [-0.15, -0.1) is 11.3 Å². The molecule has 1 aliphatic heterocycles. The van der Waals surface area contributed by atoms with Crippen molar-refractivity contribution in [3.05, 3.63) is 60.0 Å². The SMILES string of the molecule is COc1ccc(N2CCN(CCCC(=O)Nc3nc(-c4ccccc4)cs3)CC2)cc1. The van der Waals surface area contributed by atoms with Crippen LogP contribution in [0.3, 0.4) is 0 Å². The molecule has 162 valence electrons. The van der Waals surface area contributed by atoms with E-state index in [0.717, 1.165) is 56.2 Å². The number of thiazole rings is 1.